The van der Waals surface area contributed by atoms with Crippen molar-refractivity contribution in [2.75, 3.05) is 31.2 Å². The lowest BCUT2D eigenvalue weighted by Gasteiger charge is -2.37. The number of aliphatic hydroxyl groups is 1. The summed E-state index contributed by atoms with van der Waals surface area (Å²) in [5.41, 5.74) is -0.615. The molecule has 1 spiro atoms. The second-order valence-electron chi connectivity index (χ2n) is 8.38. The van der Waals surface area contributed by atoms with Crippen LogP contribution in [0.4, 0.5) is 5.69 Å². The molecule has 0 radical (unpaired) electrons. The van der Waals surface area contributed by atoms with E-state index in [-0.39, 0.29) is 42.9 Å². The predicted octanol–water partition coefficient (Wildman–Crippen LogP) is 2.16. The number of hydrogen-bond acceptors (Lipinski definition) is 6. The highest BCUT2D eigenvalue weighted by Gasteiger charge is 2.77. The average molecular weight is 542 g/mol. The predicted molar refractivity (Wildman–Crippen MR) is 125 cm³/mol. The van der Waals surface area contributed by atoms with E-state index in [1.165, 1.54) is 9.80 Å². The molecule has 3 aliphatic heterocycles. The van der Waals surface area contributed by atoms with E-state index < -0.39 is 35.6 Å². The fourth-order valence-electron chi connectivity index (χ4n) is 5.49. The normalized spacial score (nSPS) is 32.1. The van der Waals surface area contributed by atoms with E-state index in [4.69, 9.17) is 21.1 Å². The van der Waals surface area contributed by atoms with Gasteiger partial charge >= 0.3 is 5.97 Å². The number of esters is 1. The van der Waals surface area contributed by atoms with Crippen LogP contribution < -0.4 is 4.90 Å². The van der Waals surface area contributed by atoms with Gasteiger partial charge in [-0.05, 0) is 37.6 Å². The summed E-state index contributed by atoms with van der Waals surface area (Å²) < 4.78 is 11.6. The van der Waals surface area contributed by atoms with E-state index in [0.717, 1.165) is 0 Å². The van der Waals surface area contributed by atoms with Crippen LogP contribution in [0.25, 0.3) is 0 Å². The Morgan fingerprint density at radius 1 is 1.42 bits per heavy atom. The lowest BCUT2D eigenvalue weighted by molar-refractivity contribution is -0.154. The molecule has 0 saturated carbocycles. The number of carbonyl (C=O) groups excluding carboxylic acids is 3. The Balaban J connectivity index is 1.78. The van der Waals surface area contributed by atoms with Crippen LogP contribution >= 0.6 is 27.5 Å². The Labute approximate surface area is 205 Å². The van der Waals surface area contributed by atoms with Crippen LogP contribution in [-0.2, 0) is 23.9 Å². The van der Waals surface area contributed by atoms with Crippen molar-refractivity contribution in [1.29, 1.82) is 0 Å². The second-order valence-corrected chi connectivity index (χ2v) is 10.00. The number of aliphatic hydroxyl groups excluding tert-OH is 1. The zero-order valence-electron chi connectivity index (χ0n) is 18.2. The SMILES string of the molecule is C=CCN(C(=O)C1N(CCO)C(=O)[C@@H]2[C@@H](C(=O)OCC)[C@@H]3OC12CC3Br)c1ccc(Cl)cc1. The summed E-state index contributed by atoms with van der Waals surface area (Å²) >= 11 is 9.62. The second kappa shape index (κ2) is 9.37. The number of hydrogen-bond donors (Lipinski definition) is 1. The fourth-order valence-corrected chi connectivity index (χ4v) is 6.55. The summed E-state index contributed by atoms with van der Waals surface area (Å²) in [7, 11) is 0. The lowest BCUT2D eigenvalue weighted by Crippen LogP contribution is -2.57. The van der Waals surface area contributed by atoms with Gasteiger partial charge in [-0.2, -0.15) is 0 Å². The zero-order valence-corrected chi connectivity index (χ0v) is 20.5. The third-order valence-corrected chi connectivity index (χ3v) is 7.74. The van der Waals surface area contributed by atoms with Crippen molar-refractivity contribution < 1.29 is 29.0 Å². The monoisotopic (exact) mass is 540 g/mol. The first-order chi connectivity index (χ1) is 15.8. The maximum Gasteiger partial charge on any atom is 0.312 e. The maximum atomic E-state index is 14.0. The Morgan fingerprint density at radius 2 is 2.12 bits per heavy atom. The Bertz CT molecular complexity index is 959. The molecule has 3 aliphatic rings. The maximum absolute atomic E-state index is 14.0. The molecule has 8 nitrogen and oxygen atoms in total. The van der Waals surface area contributed by atoms with Crippen molar-refractivity contribution in [2.45, 2.75) is 35.9 Å². The molecule has 0 aliphatic carbocycles. The minimum Gasteiger partial charge on any atom is -0.466 e. The van der Waals surface area contributed by atoms with Crippen molar-refractivity contribution in [3.8, 4) is 0 Å². The van der Waals surface area contributed by atoms with E-state index in [9.17, 15) is 19.5 Å². The van der Waals surface area contributed by atoms with E-state index >= 15 is 0 Å². The van der Waals surface area contributed by atoms with Crippen molar-refractivity contribution >= 4 is 51.0 Å². The molecule has 3 unspecified atom stereocenters. The molecule has 178 valence electrons. The highest BCUT2D eigenvalue weighted by atomic mass is 79.9. The lowest BCUT2D eigenvalue weighted by atomic mass is 9.70. The highest BCUT2D eigenvalue weighted by Crippen LogP contribution is 2.60. The number of alkyl halides is 1. The van der Waals surface area contributed by atoms with E-state index in [2.05, 4.69) is 22.5 Å². The van der Waals surface area contributed by atoms with E-state index in [1.54, 1.807) is 37.3 Å². The van der Waals surface area contributed by atoms with Crippen LogP contribution in [0.2, 0.25) is 5.02 Å². The quantitative estimate of drug-likeness (QED) is 0.308. The third-order valence-electron chi connectivity index (χ3n) is 6.64. The van der Waals surface area contributed by atoms with Gasteiger partial charge in [-0.3, -0.25) is 14.4 Å². The molecule has 2 amide bonds. The van der Waals surface area contributed by atoms with Crippen LogP contribution in [0.15, 0.2) is 36.9 Å². The summed E-state index contributed by atoms with van der Waals surface area (Å²) in [6, 6.07) is 5.77. The minimum atomic E-state index is -1.20. The topological polar surface area (TPSA) is 96.4 Å². The number of β-amino-alcohol motifs (C(OH)–C–C–N with tert-alkyl or cyclic N) is 1. The van der Waals surface area contributed by atoms with Crippen molar-refractivity contribution in [1.82, 2.24) is 4.90 Å². The molecule has 6 atom stereocenters. The number of anilines is 1. The standard InChI is InChI=1S/C23H26BrClN2O6/c1-3-9-26(14-7-5-13(25)6-8-14)21(30)19-23-12-15(24)18(33-23)16(22(31)32-4-2)17(23)20(29)27(19)10-11-28/h3,5-8,15-19,28H,1,4,9-12H2,2H3/t15?,16-,17+,18-,19?,23?/m1/s1. The molecule has 1 N–H and O–H groups in total. The van der Waals surface area contributed by atoms with Crippen LogP contribution in [0, 0.1) is 11.8 Å². The van der Waals surface area contributed by atoms with Gasteiger partial charge in [0.05, 0.1) is 31.2 Å². The molecule has 10 heteroatoms. The number of benzene rings is 1. The molecule has 3 fully saturated rings. The van der Waals surface area contributed by atoms with Crippen molar-refractivity contribution in [3.05, 3.63) is 41.9 Å². The summed E-state index contributed by atoms with van der Waals surface area (Å²) in [6.07, 6.45) is 1.40. The first-order valence-electron chi connectivity index (χ1n) is 10.9. The zero-order chi connectivity index (χ0) is 23.9. The van der Waals surface area contributed by atoms with E-state index in [1.807, 2.05) is 0 Å². The van der Waals surface area contributed by atoms with Crippen molar-refractivity contribution in [2.24, 2.45) is 11.8 Å². The number of halogens is 2. The number of amides is 2. The minimum absolute atomic E-state index is 0.0490. The fraction of sp³-hybridized carbons (Fsp3) is 0.522. The molecule has 3 heterocycles. The molecule has 3 saturated heterocycles. The van der Waals surface area contributed by atoms with Gasteiger partial charge in [0.25, 0.3) is 5.91 Å². The number of carbonyl (C=O) groups is 3. The first-order valence-corrected chi connectivity index (χ1v) is 12.2. The Hall–Kier alpha value is -1.94. The molecule has 4 rings (SSSR count). The summed E-state index contributed by atoms with van der Waals surface area (Å²) in [5, 5.41) is 10.2. The largest absolute Gasteiger partial charge is 0.466 e. The third kappa shape index (κ3) is 3.79. The number of rotatable bonds is 8. The number of ether oxygens (including phenoxy) is 2. The molecular weight excluding hydrogens is 516 g/mol. The summed E-state index contributed by atoms with van der Waals surface area (Å²) in [6.45, 7) is 5.46. The molecule has 2 bridgehead atoms. The van der Waals surface area contributed by atoms with Gasteiger partial charge in [0.1, 0.15) is 11.6 Å². The first kappa shape index (κ1) is 24.2. The number of nitrogens with zero attached hydrogens (tertiary/aromatic N) is 2. The smallest absolute Gasteiger partial charge is 0.312 e. The van der Waals surface area contributed by atoms with Gasteiger partial charge in [-0.1, -0.05) is 33.6 Å². The van der Waals surface area contributed by atoms with Crippen LogP contribution in [0.3, 0.4) is 0 Å². The Kier molecular flexibility index (Phi) is 6.87. The van der Waals surface area contributed by atoms with Gasteiger partial charge < -0.3 is 24.4 Å². The van der Waals surface area contributed by atoms with Gasteiger partial charge in [-0.15, -0.1) is 6.58 Å². The van der Waals surface area contributed by atoms with Gasteiger partial charge in [-0.25, -0.2) is 0 Å². The molecule has 33 heavy (non-hydrogen) atoms. The van der Waals surface area contributed by atoms with Gasteiger partial charge in [0.2, 0.25) is 5.91 Å². The van der Waals surface area contributed by atoms with Gasteiger partial charge in [0, 0.05) is 28.6 Å². The molecule has 1 aromatic rings. The molecule has 0 aromatic heterocycles. The highest BCUT2D eigenvalue weighted by molar-refractivity contribution is 9.09. The Morgan fingerprint density at radius 3 is 2.73 bits per heavy atom. The number of fused-ring (bicyclic) bond motifs is 1. The van der Waals surface area contributed by atoms with Gasteiger partial charge in [0.15, 0.2) is 0 Å². The van der Waals surface area contributed by atoms with Crippen LogP contribution in [-0.4, -0.2) is 76.7 Å². The molecular formula is C23H26BrClN2O6. The van der Waals surface area contributed by atoms with Crippen molar-refractivity contribution in [3.63, 3.8) is 0 Å². The van der Waals surface area contributed by atoms with Crippen LogP contribution in [0.5, 0.6) is 0 Å². The summed E-state index contributed by atoms with van der Waals surface area (Å²) in [4.78, 5) is 43.1. The molecule has 1 aromatic carbocycles. The summed E-state index contributed by atoms with van der Waals surface area (Å²) in [5.74, 6) is -2.93. The van der Waals surface area contributed by atoms with Crippen LogP contribution in [0.1, 0.15) is 13.3 Å². The van der Waals surface area contributed by atoms with E-state index in [0.29, 0.717) is 17.1 Å². The average Bonchev–Trinajstić information content (AvgIpc) is 3.37. The number of likely N-dealkylation sites (tertiary alicyclic amines) is 1.